The SMILES string of the molecule is CCNCc1cc(-c2ccc(C(C)CC)cc2)n[nH]1. The van der Waals surface area contributed by atoms with Gasteiger partial charge in [0, 0.05) is 17.8 Å². The number of nitrogens with one attached hydrogen (secondary N) is 2. The molecule has 1 aromatic carbocycles. The van der Waals surface area contributed by atoms with E-state index < -0.39 is 0 Å². The molecule has 1 aromatic heterocycles. The molecule has 0 spiro atoms. The van der Waals surface area contributed by atoms with E-state index in [0.29, 0.717) is 5.92 Å². The first-order chi connectivity index (χ1) is 9.24. The Kier molecular flexibility index (Phi) is 4.74. The van der Waals surface area contributed by atoms with Crippen LogP contribution < -0.4 is 5.32 Å². The second-order valence-electron chi connectivity index (χ2n) is 4.99. The van der Waals surface area contributed by atoms with Gasteiger partial charge in [-0.2, -0.15) is 5.10 Å². The molecule has 2 rings (SSSR count). The lowest BCUT2D eigenvalue weighted by molar-refractivity contribution is 0.707. The lowest BCUT2D eigenvalue weighted by Gasteiger charge is -2.08. The number of hydrogen-bond donors (Lipinski definition) is 2. The molecular weight excluding hydrogens is 234 g/mol. The smallest absolute Gasteiger partial charge is 0.0924 e. The third-order valence-electron chi connectivity index (χ3n) is 3.58. The van der Waals surface area contributed by atoms with Gasteiger partial charge in [0.25, 0.3) is 0 Å². The Labute approximate surface area is 115 Å². The lowest BCUT2D eigenvalue weighted by Crippen LogP contribution is -2.11. The summed E-state index contributed by atoms with van der Waals surface area (Å²) in [6.07, 6.45) is 1.18. The molecule has 2 aromatic rings. The number of benzene rings is 1. The van der Waals surface area contributed by atoms with E-state index in [4.69, 9.17) is 0 Å². The number of aromatic nitrogens is 2. The van der Waals surface area contributed by atoms with Crippen LogP contribution in [-0.2, 0) is 6.54 Å². The molecule has 1 atom stereocenters. The Hall–Kier alpha value is -1.61. The zero-order chi connectivity index (χ0) is 13.7. The van der Waals surface area contributed by atoms with Crippen LogP contribution in [0.5, 0.6) is 0 Å². The van der Waals surface area contributed by atoms with Crippen LogP contribution in [-0.4, -0.2) is 16.7 Å². The van der Waals surface area contributed by atoms with Crippen LogP contribution in [0.15, 0.2) is 30.3 Å². The minimum Gasteiger partial charge on any atom is -0.311 e. The molecule has 2 N–H and O–H groups in total. The molecule has 0 saturated carbocycles. The standard InChI is InChI=1S/C16H23N3/c1-4-12(3)13-6-8-14(9-7-13)16-10-15(18-19-16)11-17-5-2/h6-10,12,17H,4-5,11H2,1-3H3,(H,18,19). The van der Waals surface area contributed by atoms with Crippen LogP contribution in [0.4, 0.5) is 0 Å². The van der Waals surface area contributed by atoms with Gasteiger partial charge in [-0.05, 0) is 30.5 Å². The Morgan fingerprint density at radius 2 is 1.95 bits per heavy atom. The predicted octanol–water partition coefficient (Wildman–Crippen LogP) is 3.70. The molecule has 0 aliphatic carbocycles. The number of rotatable bonds is 6. The second kappa shape index (κ2) is 6.53. The van der Waals surface area contributed by atoms with Crippen molar-refractivity contribution >= 4 is 0 Å². The van der Waals surface area contributed by atoms with E-state index >= 15 is 0 Å². The molecule has 3 nitrogen and oxygen atoms in total. The third-order valence-corrected chi connectivity index (χ3v) is 3.58. The molecule has 0 saturated heterocycles. The first kappa shape index (κ1) is 13.8. The molecule has 0 bridgehead atoms. The molecule has 0 aliphatic heterocycles. The van der Waals surface area contributed by atoms with E-state index in [-0.39, 0.29) is 0 Å². The van der Waals surface area contributed by atoms with E-state index in [1.165, 1.54) is 17.5 Å². The fourth-order valence-electron chi connectivity index (χ4n) is 2.08. The van der Waals surface area contributed by atoms with Crippen LogP contribution in [0.2, 0.25) is 0 Å². The summed E-state index contributed by atoms with van der Waals surface area (Å²) in [7, 11) is 0. The number of hydrogen-bond acceptors (Lipinski definition) is 2. The average Bonchev–Trinajstić information content (AvgIpc) is 2.93. The number of H-pyrrole nitrogens is 1. The number of nitrogens with zero attached hydrogens (tertiary/aromatic N) is 1. The molecule has 0 radical (unpaired) electrons. The van der Waals surface area contributed by atoms with Crippen molar-refractivity contribution in [1.82, 2.24) is 15.5 Å². The lowest BCUT2D eigenvalue weighted by atomic mass is 9.97. The zero-order valence-electron chi connectivity index (χ0n) is 12.0. The van der Waals surface area contributed by atoms with E-state index in [0.717, 1.165) is 24.5 Å². The Morgan fingerprint density at radius 3 is 2.58 bits per heavy atom. The van der Waals surface area contributed by atoms with Gasteiger partial charge in [-0.25, -0.2) is 0 Å². The summed E-state index contributed by atoms with van der Waals surface area (Å²) < 4.78 is 0. The van der Waals surface area contributed by atoms with Gasteiger partial charge in [-0.15, -0.1) is 0 Å². The van der Waals surface area contributed by atoms with E-state index in [2.05, 4.69) is 66.6 Å². The number of aromatic amines is 1. The van der Waals surface area contributed by atoms with Gasteiger partial charge >= 0.3 is 0 Å². The molecule has 1 heterocycles. The van der Waals surface area contributed by atoms with Gasteiger partial charge < -0.3 is 5.32 Å². The summed E-state index contributed by atoms with van der Waals surface area (Å²) in [5, 5.41) is 10.7. The van der Waals surface area contributed by atoms with E-state index in [1.54, 1.807) is 0 Å². The van der Waals surface area contributed by atoms with Gasteiger partial charge in [-0.1, -0.05) is 45.0 Å². The molecule has 19 heavy (non-hydrogen) atoms. The molecule has 0 fully saturated rings. The predicted molar refractivity (Wildman–Crippen MR) is 80.1 cm³/mol. The molecule has 0 amide bonds. The van der Waals surface area contributed by atoms with E-state index in [1.807, 2.05) is 0 Å². The second-order valence-corrected chi connectivity index (χ2v) is 4.99. The quantitative estimate of drug-likeness (QED) is 0.828. The summed E-state index contributed by atoms with van der Waals surface area (Å²) >= 11 is 0. The molecule has 0 aliphatic rings. The van der Waals surface area contributed by atoms with Crippen molar-refractivity contribution in [1.29, 1.82) is 0 Å². The fraction of sp³-hybridized carbons (Fsp3) is 0.438. The summed E-state index contributed by atoms with van der Waals surface area (Å²) in [5.41, 5.74) is 4.71. The van der Waals surface area contributed by atoms with Gasteiger partial charge in [-0.3, -0.25) is 5.10 Å². The largest absolute Gasteiger partial charge is 0.311 e. The maximum Gasteiger partial charge on any atom is 0.0924 e. The van der Waals surface area contributed by atoms with Crippen LogP contribution >= 0.6 is 0 Å². The Bertz CT molecular complexity index is 499. The topological polar surface area (TPSA) is 40.7 Å². The fourth-order valence-corrected chi connectivity index (χ4v) is 2.08. The molecule has 102 valence electrons. The summed E-state index contributed by atoms with van der Waals surface area (Å²) in [5.74, 6) is 0.623. The Balaban J connectivity index is 2.11. The van der Waals surface area contributed by atoms with Crippen molar-refractivity contribution in [2.45, 2.75) is 39.7 Å². The van der Waals surface area contributed by atoms with Crippen LogP contribution in [0.25, 0.3) is 11.3 Å². The highest BCUT2D eigenvalue weighted by Gasteiger charge is 2.06. The first-order valence-corrected chi connectivity index (χ1v) is 7.10. The highest BCUT2D eigenvalue weighted by molar-refractivity contribution is 5.59. The van der Waals surface area contributed by atoms with Crippen LogP contribution in [0, 0.1) is 0 Å². The highest BCUT2D eigenvalue weighted by Crippen LogP contribution is 2.23. The van der Waals surface area contributed by atoms with Crippen molar-refractivity contribution in [2.24, 2.45) is 0 Å². The normalized spacial score (nSPS) is 12.6. The molecule has 3 heteroatoms. The van der Waals surface area contributed by atoms with Crippen molar-refractivity contribution in [2.75, 3.05) is 6.54 Å². The maximum absolute atomic E-state index is 4.37. The minimum atomic E-state index is 0.623. The van der Waals surface area contributed by atoms with Crippen molar-refractivity contribution < 1.29 is 0 Å². The summed E-state index contributed by atoms with van der Waals surface area (Å²) in [4.78, 5) is 0. The Morgan fingerprint density at radius 1 is 1.21 bits per heavy atom. The van der Waals surface area contributed by atoms with Gasteiger partial charge in [0.05, 0.1) is 5.69 Å². The minimum absolute atomic E-state index is 0.623. The summed E-state index contributed by atoms with van der Waals surface area (Å²) in [6, 6.07) is 10.9. The first-order valence-electron chi connectivity index (χ1n) is 7.10. The van der Waals surface area contributed by atoms with Gasteiger partial charge in [0.1, 0.15) is 0 Å². The van der Waals surface area contributed by atoms with Crippen molar-refractivity contribution in [3.05, 3.63) is 41.6 Å². The van der Waals surface area contributed by atoms with Crippen molar-refractivity contribution in [3.8, 4) is 11.3 Å². The molecule has 1 unspecified atom stereocenters. The van der Waals surface area contributed by atoms with Crippen LogP contribution in [0.1, 0.15) is 44.4 Å². The average molecular weight is 257 g/mol. The van der Waals surface area contributed by atoms with E-state index in [9.17, 15) is 0 Å². The zero-order valence-corrected chi connectivity index (χ0v) is 12.0. The van der Waals surface area contributed by atoms with Gasteiger partial charge in [0.15, 0.2) is 0 Å². The maximum atomic E-state index is 4.37. The molecular formula is C16H23N3. The third kappa shape index (κ3) is 3.44. The summed E-state index contributed by atoms with van der Waals surface area (Å²) in [6.45, 7) is 8.40. The van der Waals surface area contributed by atoms with Crippen LogP contribution in [0.3, 0.4) is 0 Å². The van der Waals surface area contributed by atoms with Crippen molar-refractivity contribution in [3.63, 3.8) is 0 Å². The monoisotopic (exact) mass is 257 g/mol. The van der Waals surface area contributed by atoms with Gasteiger partial charge in [0.2, 0.25) is 0 Å². The highest BCUT2D eigenvalue weighted by atomic mass is 15.1.